The van der Waals surface area contributed by atoms with E-state index in [0.717, 1.165) is 0 Å². The molecule has 0 bridgehead atoms. The molecule has 0 saturated heterocycles. The normalized spacial score (nSPS) is 12.2. The number of aliphatic hydroxyl groups excluding tert-OH is 1. The number of aliphatic hydroxyl groups is 1. The number of ether oxygens (including phenoxy) is 1. The SMILES string of the molecule is CC(C)COCCCNS(=O)(=O)CCCCO. The summed E-state index contributed by atoms with van der Waals surface area (Å²) in [5.41, 5.74) is 0. The second kappa shape index (κ2) is 9.82. The fraction of sp³-hybridized carbons (Fsp3) is 1.00. The summed E-state index contributed by atoms with van der Waals surface area (Å²) in [6, 6.07) is 0. The molecule has 0 aliphatic heterocycles. The molecule has 0 saturated carbocycles. The van der Waals surface area contributed by atoms with Crippen molar-refractivity contribution >= 4 is 10.0 Å². The molecule has 0 aliphatic rings. The predicted molar refractivity (Wildman–Crippen MR) is 68.4 cm³/mol. The first kappa shape index (κ1) is 16.8. The van der Waals surface area contributed by atoms with Crippen molar-refractivity contribution in [2.24, 2.45) is 5.92 Å². The lowest BCUT2D eigenvalue weighted by molar-refractivity contribution is 0.108. The van der Waals surface area contributed by atoms with E-state index in [1.54, 1.807) is 0 Å². The highest BCUT2D eigenvalue weighted by Crippen LogP contribution is 1.95. The summed E-state index contributed by atoms with van der Waals surface area (Å²) in [6.07, 6.45) is 1.71. The Balaban J connectivity index is 3.46. The van der Waals surface area contributed by atoms with E-state index in [9.17, 15) is 8.42 Å². The number of hydrogen-bond acceptors (Lipinski definition) is 4. The maximum Gasteiger partial charge on any atom is 0.211 e. The summed E-state index contributed by atoms with van der Waals surface area (Å²) in [6.45, 7) is 5.90. The second-order valence-corrected chi connectivity index (χ2v) is 6.39. The lowest BCUT2D eigenvalue weighted by Gasteiger charge is -2.08. The van der Waals surface area contributed by atoms with Crippen LogP contribution in [-0.2, 0) is 14.8 Å². The summed E-state index contributed by atoms with van der Waals surface area (Å²) in [5.74, 6) is 0.589. The first-order valence-corrected chi connectivity index (χ1v) is 7.79. The Morgan fingerprint density at radius 3 is 2.53 bits per heavy atom. The summed E-state index contributed by atoms with van der Waals surface area (Å²) < 4.78 is 30.7. The Kier molecular flexibility index (Phi) is 9.72. The van der Waals surface area contributed by atoms with Gasteiger partial charge in [-0.05, 0) is 25.2 Å². The number of unbranched alkanes of at least 4 members (excludes halogenated alkanes) is 1. The van der Waals surface area contributed by atoms with Crippen LogP contribution < -0.4 is 4.72 Å². The second-order valence-electron chi connectivity index (χ2n) is 4.47. The Bertz CT molecular complexity index is 265. The first-order chi connectivity index (χ1) is 7.98. The quantitative estimate of drug-likeness (QED) is 0.541. The molecular weight excluding hydrogens is 242 g/mol. The van der Waals surface area contributed by atoms with Crippen LogP contribution >= 0.6 is 0 Å². The van der Waals surface area contributed by atoms with Crippen molar-refractivity contribution < 1.29 is 18.3 Å². The van der Waals surface area contributed by atoms with Crippen LogP contribution in [0.4, 0.5) is 0 Å². The number of sulfonamides is 1. The van der Waals surface area contributed by atoms with Gasteiger partial charge in [-0.1, -0.05) is 13.8 Å². The minimum Gasteiger partial charge on any atom is -0.396 e. The summed E-state index contributed by atoms with van der Waals surface area (Å²) in [5, 5.41) is 8.55. The molecule has 5 nitrogen and oxygen atoms in total. The fourth-order valence-electron chi connectivity index (χ4n) is 1.20. The average molecular weight is 267 g/mol. The van der Waals surface area contributed by atoms with E-state index >= 15 is 0 Å². The molecule has 0 amide bonds. The van der Waals surface area contributed by atoms with E-state index in [1.165, 1.54) is 0 Å². The van der Waals surface area contributed by atoms with Crippen LogP contribution in [0.3, 0.4) is 0 Å². The van der Waals surface area contributed by atoms with Crippen molar-refractivity contribution in [2.45, 2.75) is 33.1 Å². The Hall–Kier alpha value is -0.170. The van der Waals surface area contributed by atoms with Gasteiger partial charge in [-0.2, -0.15) is 0 Å². The van der Waals surface area contributed by atoms with E-state index in [2.05, 4.69) is 18.6 Å². The van der Waals surface area contributed by atoms with Gasteiger partial charge in [0.1, 0.15) is 0 Å². The van der Waals surface area contributed by atoms with Gasteiger partial charge in [0.25, 0.3) is 0 Å². The van der Waals surface area contributed by atoms with Gasteiger partial charge in [-0.3, -0.25) is 0 Å². The molecule has 0 spiro atoms. The van der Waals surface area contributed by atoms with Gasteiger partial charge in [0.05, 0.1) is 5.75 Å². The third kappa shape index (κ3) is 12.1. The van der Waals surface area contributed by atoms with Gasteiger partial charge in [-0.25, -0.2) is 13.1 Å². The third-order valence-corrected chi connectivity index (χ3v) is 3.53. The minimum absolute atomic E-state index is 0.0402. The minimum atomic E-state index is -3.17. The van der Waals surface area contributed by atoms with E-state index in [-0.39, 0.29) is 12.4 Å². The molecule has 0 radical (unpaired) electrons. The zero-order valence-corrected chi connectivity index (χ0v) is 11.6. The molecule has 17 heavy (non-hydrogen) atoms. The summed E-state index contributed by atoms with van der Waals surface area (Å²) in [4.78, 5) is 0. The van der Waals surface area contributed by atoms with Crippen molar-refractivity contribution in [1.82, 2.24) is 4.72 Å². The highest BCUT2D eigenvalue weighted by molar-refractivity contribution is 7.89. The van der Waals surface area contributed by atoms with Crippen molar-refractivity contribution in [3.05, 3.63) is 0 Å². The van der Waals surface area contributed by atoms with Crippen molar-refractivity contribution in [2.75, 3.05) is 32.1 Å². The topological polar surface area (TPSA) is 75.6 Å². The average Bonchev–Trinajstić information content (AvgIpc) is 2.23. The molecule has 2 N–H and O–H groups in total. The molecule has 0 aromatic carbocycles. The van der Waals surface area contributed by atoms with Gasteiger partial charge in [-0.15, -0.1) is 0 Å². The van der Waals surface area contributed by atoms with Crippen LogP contribution in [0.2, 0.25) is 0 Å². The Labute approximate surface area is 105 Å². The molecular formula is C11H25NO4S. The Morgan fingerprint density at radius 2 is 1.94 bits per heavy atom. The monoisotopic (exact) mass is 267 g/mol. The number of hydrogen-bond donors (Lipinski definition) is 2. The van der Waals surface area contributed by atoms with Crippen LogP contribution in [0.1, 0.15) is 33.1 Å². The highest BCUT2D eigenvalue weighted by Gasteiger charge is 2.08. The van der Waals surface area contributed by atoms with Crippen molar-refractivity contribution in [3.8, 4) is 0 Å². The van der Waals surface area contributed by atoms with E-state index in [4.69, 9.17) is 9.84 Å². The molecule has 0 aromatic rings. The van der Waals surface area contributed by atoms with Gasteiger partial charge in [0, 0.05) is 26.4 Å². The molecule has 0 aliphatic carbocycles. The molecule has 6 heteroatoms. The fourth-order valence-corrected chi connectivity index (χ4v) is 2.38. The molecule has 0 heterocycles. The van der Waals surface area contributed by atoms with Crippen molar-refractivity contribution in [3.63, 3.8) is 0 Å². The van der Waals surface area contributed by atoms with E-state index < -0.39 is 10.0 Å². The maximum atomic E-state index is 11.4. The van der Waals surface area contributed by atoms with Crippen LogP contribution in [0.5, 0.6) is 0 Å². The summed E-state index contributed by atoms with van der Waals surface area (Å²) in [7, 11) is -3.17. The molecule has 0 fully saturated rings. The van der Waals surface area contributed by atoms with Crippen LogP contribution in [0, 0.1) is 5.92 Å². The zero-order valence-electron chi connectivity index (χ0n) is 10.8. The van der Waals surface area contributed by atoms with E-state index in [1.807, 2.05) is 0 Å². The Morgan fingerprint density at radius 1 is 1.24 bits per heavy atom. The number of rotatable bonds is 11. The van der Waals surface area contributed by atoms with Crippen molar-refractivity contribution in [1.29, 1.82) is 0 Å². The van der Waals surface area contributed by atoms with Crippen LogP contribution in [0.25, 0.3) is 0 Å². The smallest absolute Gasteiger partial charge is 0.211 e. The summed E-state index contributed by atoms with van der Waals surface area (Å²) >= 11 is 0. The van der Waals surface area contributed by atoms with Gasteiger partial charge in [0.2, 0.25) is 10.0 Å². The number of nitrogens with one attached hydrogen (secondary N) is 1. The molecule has 0 atom stereocenters. The lowest BCUT2D eigenvalue weighted by atomic mass is 10.2. The molecule has 0 aromatic heterocycles. The van der Waals surface area contributed by atoms with Gasteiger partial charge >= 0.3 is 0 Å². The van der Waals surface area contributed by atoms with Crippen LogP contribution in [0.15, 0.2) is 0 Å². The van der Waals surface area contributed by atoms with Crippen LogP contribution in [-0.4, -0.2) is 45.6 Å². The predicted octanol–water partition coefficient (Wildman–Crippen LogP) is 0.741. The largest absolute Gasteiger partial charge is 0.396 e. The third-order valence-electron chi connectivity index (χ3n) is 2.06. The molecule has 104 valence electrons. The zero-order chi connectivity index (χ0) is 13.1. The maximum absolute atomic E-state index is 11.4. The van der Waals surface area contributed by atoms with Gasteiger partial charge in [0.15, 0.2) is 0 Å². The highest BCUT2D eigenvalue weighted by atomic mass is 32.2. The molecule has 0 rings (SSSR count). The first-order valence-electron chi connectivity index (χ1n) is 6.14. The lowest BCUT2D eigenvalue weighted by Crippen LogP contribution is -2.28. The molecule has 0 unspecified atom stereocenters. The van der Waals surface area contributed by atoms with Gasteiger partial charge < -0.3 is 9.84 Å². The standard InChI is InChI=1S/C11H25NO4S/c1-11(2)10-16-8-5-6-12-17(14,15)9-4-3-7-13/h11-13H,3-10H2,1-2H3. The van der Waals surface area contributed by atoms with E-state index in [0.29, 0.717) is 44.9 Å².